The maximum absolute atomic E-state index is 12.9. The Hall–Kier alpha value is -3.54. The first kappa shape index (κ1) is 19.8. The van der Waals surface area contributed by atoms with Gasteiger partial charge in [0.15, 0.2) is 11.3 Å². The Kier molecular flexibility index (Phi) is 5.31. The van der Waals surface area contributed by atoms with Gasteiger partial charge in [0.1, 0.15) is 0 Å². The number of aromatic nitrogens is 4. The molecule has 0 atom stereocenters. The van der Waals surface area contributed by atoms with Gasteiger partial charge in [0.2, 0.25) is 0 Å². The molecule has 0 unspecified atom stereocenters. The van der Waals surface area contributed by atoms with E-state index in [1.807, 2.05) is 61.5 Å². The maximum Gasteiger partial charge on any atom is 0.278 e. The van der Waals surface area contributed by atoms with Gasteiger partial charge >= 0.3 is 0 Å². The monoisotopic (exact) mass is 399 g/mol. The minimum Gasteiger partial charge on any atom is -0.321 e. The van der Waals surface area contributed by atoms with Crippen LogP contribution in [0.15, 0.2) is 54.6 Å². The first-order valence-electron chi connectivity index (χ1n) is 10.2. The summed E-state index contributed by atoms with van der Waals surface area (Å²) >= 11 is 0. The van der Waals surface area contributed by atoms with Gasteiger partial charge in [-0.25, -0.2) is 4.52 Å². The second-order valence-corrected chi connectivity index (χ2v) is 7.65. The van der Waals surface area contributed by atoms with Gasteiger partial charge in [0.25, 0.3) is 5.91 Å². The van der Waals surface area contributed by atoms with Crippen LogP contribution in [0.2, 0.25) is 0 Å². The minimum absolute atomic E-state index is 0.204. The van der Waals surface area contributed by atoms with Crippen molar-refractivity contribution < 1.29 is 4.79 Å². The van der Waals surface area contributed by atoms with Crippen LogP contribution in [-0.2, 0) is 6.42 Å². The van der Waals surface area contributed by atoms with Crippen molar-refractivity contribution in [2.75, 3.05) is 5.32 Å². The second kappa shape index (κ2) is 8.06. The summed E-state index contributed by atoms with van der Waals surface area (Å²) in [6.45, 7) is 8.15. The van der Waals surface area contributed by atoms with Crippen LogP contribution in [0.5, 0.6) is 0 Å². The van der Waals surface area contributed by atoms with Crippen molar-refractivity contribution in [2.24, 2.45) is 0 Å². The second-order valence-electron chi connectivity index (χ2n) is 7.65. The van der Waals surface area contributed by atoms with Crippen LogP contribution in [0.25, 0.3) is 16.8 Å². The van der Waals surface area contributed by atoms with Crippen molar-refractivity contribution in [3.63, 3.8) is 0 Å². The molecule has 4 aromatic rings. The lowest BCUT2D eigenvalue weighted by Gasteiger charge is -2.08. The molecule has 0 saturated carbocycles. The fourth-order valence-corrected chi connectivity index (χ4v) is 3.53. The van der Waals surface area contributed by atoms with E-state index >= 15 is 0 Å². The van der Waals surface area contributed by atoms with Gasteiger partial charge in [-0.15, -0.1) is 10.2 Å². The van der Waals surface area contributed by atoms with E-state index in [-0.39, 0.29) is 17.5 Å². The number of hydrogen-bond acceptors (Lipinski definition) is 4. The molecule has 4 rings (SSSR count). The number of rotatable bonds is 5. The molecule has 2 aromatic heterocycles. The Labute approximate surface area is 176 Å². The van der Waals surface area contributed by atoms with Crippen LogP contribution < -0.4 is 5.32 Å². The zero-order valence-electron chi connectivity index (χ0n) is 17.7. The molecule has 2 aromatic carbocycles. The van der Waals surface area contributed by atoms with Gasteiger partial charge in [-0.2, -0.15) is 5.10 Å². The summed E-state index contributed by atoms with van der Waals surface area (Å²) in [4.78, 5) is 12.9. The molecule has 0 aliphatic heterocycles. The van der Waals surface area contributed by atoms with E-state index in [1.54, 1.807) is 4.52 Å². The SMILES string of the molecule is CCc1ccc(NC(=O)c2nnc3c(-c4ccccc4)c(C(C)C)nn3c2C)cc1. The Morgan fingerprint density at radius 3 is 2.37 bits per heavy atom. The van der Waals surface area contributed by atoms with E-state index < -0.39 is 0 Å². The molecule has 6 nitrogen and oxygen atoms in total. The number of hydrogen-bond donors (Lipinski definition) is 1. The maximum atomic E-state index is 12.9. The van der Waals surface area contributed by atoms with Crippen molar-refractivity contribution >= 4 is 17.2 Å². The molecule has 0 aliphatic carbocycles. The summed E-state index contributed by atoms with van der Waals surface area (Å²) in [6, 6.07) is 17.9. The van der Waals surface area contributed by atoms with Crippen molar-refractivity contribution in [3.8, 4) is 11.1 Å². The summed E-state index contributed by atoms with van der Waals surface area (Å²) in [7, 11) is 0. The summed E-state index contributed by atoms with van der Waals surface area (Å²) in [6.07, 6.45) is 0.955. The van der Waals surface area contributed by atoms with Crippen LogP contribution in [0.4, 0.5) is 5.69 Å². The van der Waals surface area contributed by atoms with E-state index in [0.29, 0.717) is 11.3 Å². The van der Waals surface area contributed by atoms with Crippen LogP contribution in [0, 0.1) is 6.92 Å². The van der Waals surface area contributed by atoms with Crippen molar-refractivity contribution in [3.05, 3.63) is 77.2 Å². The lowest BCUT2D eigenvalue weighted by atomic mass is 10.00. The smallest absolute Gasteiger partial charge is 0.278 e. The minimum atomic E-state index is -0.297. The van der Waals surface area contributed by atoms with Gasteiger partial charge in [-0.3, -0.25) is 4.79 Å². The van der Waals surface area contributed by atoms with Gasteiger partial charge in [0, 0.05) is 5.69 Å². The summed E-state index contributed by atoms with van der Waals surface area (Å²) in [5.74, 6) is -0.0929. The molecule has 30 heavy (non-hydrogen) atoms. The number of carbonyl (C=O) groups is 1. The third-order valence-corrected chi connectivity index (χ3v) is 5.24. The zero-order valence-corrected chi connectivity index (χ0v) is 17.7. The van der Waals surface area contributed by atoms with Gasteiger partial charge in [-0.05, 0) is 42.5 Å². The normalized spacial score (nSPS) is 11.2. The zero-order chi connectivity index (χ0) is 21.3. The van der Waals surface area contributed by atoms with E-state index in [0.717, 1.165) is 28.9 Å². The van der Waals surface area contributed by atoms with E-state index in [2.05, 4.69) is 36.3 Å². The highest BCUT2D eigenvalue weighted by Crippen LogP contribution is 2.32. The fourth-order valence-electron chi connectivity index (χ4n) is 3.53. The average Bonchev–Trinajstić information content (AvgIpc) is 3.16. The summed E-state index contributed by atoms with van der Waals surface area (Å²) in [5, 5.41) is 16.4. The molecule has 0 aliphatic rings. The molecule has 0 radical (unpaired) electrons. The Morgan fingerprint density at radius 1 is 1.03 bits per heavy atom. The molecule has 0 fully saturated rings. The van der Waals surface area contributed by atoms with E-state index in [1.165, 1.54) is 5.56 Å². The lowest BCUT2D eigenvalue weighted by Crippen LogP contribution is -2.18. The van der Waals surface area contributed by atoms with Gasteiger partial charge in [-0.1, -0.05) is 63.2 Å². The lowest BCUT2D eigenvalue weighted by molar-refractivity contribution is 0.102. The molecule has 2 heterocycles. The molecule has 0 saturated heterocycles. The largest absolute Gasteiger partial charge is 0.321 e. The Balaban J connectivity index is 1.76. The van der Waals surface area contributed by atoms with Crippen molar-refractivity contribution in [2.45, 2.75) is 40.0 Å². The first-order valence-corrected chi connectivity index (χ1v) is 10.2. The third-order valence-electron chi connectivity index (χ3n) is 5.24. The van der Waals surface area contributed by atoms with Crippen LogP contribution in [0.3, 0.4) is 0 Å². The number of fused-ring (bicyclic) bond motifs is 1. The third kappa shape index (κ3) is 3.56. The van der Waals surface area contributed by atoms with E-state index in [9.17, 15) is 4.79 Å². The fraction of sp³-hybridized carbons (Fsp3) is 0.250. The first-order chi connectivity index (χ1) is 14.5. The molecular formula is C24H25N5O. The van der Waals surface area contributed by atoms with Crippen LogP contribution >= 0.6 is 0 Å². The highest BCUT2D eigenvalue weighted by Gasteiger charge is 2.23. The number of carbonyl (C=O) groups excluding carboxylic acids is 1. The van der Waals surface area contributed by atoms with Crippen molar-refractivity contribution in [1.29, 1.82) is 0 Å². The number of amides is 1. The highest BCUT2D eigenvalue weighted by atomic mass is 16.2. The molecule has 0 bridgehead atoms. The quantitative estimate of drug-likeness (QED) is 0.510. The topological polar surface area (TPSA) is 72.2 Å². The number of nitrogens with one attached hydrogen (secondary N) is 1. The van der Waals surface area contributed by atoms with Crippen LogP contribution in [0.1, 0.15) is 54.1 Å². The Bertz CT molecular complexity index is 1190. The summed E-state index contributed by atoms with van der Waals surface area (Å²) in [5.41, 5.74) is 6.47. The highest BCUT2D eigenvalue weighted by molar-refractivity contribution is 6.03. The number of benzene rings is 2. The molecule has 1 N–H and O–H groups in total. The van der Waals surface area contributed by atoms with Crippen LogP contribution in [-0.4, -0.2) is 25.7 Å². The summed E-state index contributed by atoms with van der Waals surface area (Å²) < 4.78 is 1.74. The number of nitrogens with zero attached hydrogens (tertiary/aromatic N) is 4. The van der Waals surface area contributed by atoms with Gasteiger partial charge < -0.3 is 5.32 Å². The molecule has 0 spiro atoms. The molecule has 6 heteroatoms. The average molecular weight is 399 g/mol. The number of anilines is 1. The molecule has 152 valence electrons. The van der Waals surface area contributed by atoms with E-state index in [4.69, 9.17) is 5.10 Å². The standard InChI is InChI=1S/C24H25N5O/c1-5-17-11-13-19(14-12-17)25-24(30)22-16(4)29-23(27-26-22)20(21(28-29)15(2)3)18-9-7-6-8-10-18/h6-15H,5H2,1-4H3,(H,25,30). The predicted molar refractivity (Wildman–Crippen MR) is 119 cm³/mol. The predicted octanol–water partition coefficient (Wildman–Crippen LogP) is 5.04. The Morgan fingerprint density at radius 2 is 1.73 bits per heavy atom. The molecule has 1 amide bonds. The van der Waals surface area contributed by atoms with Crippen molar-refractivity contribution in [1.82, 2.24) is 19.8 Å². The number of aryl methyl sites for hydroxylation is 2. The van der Waals surface area contributed by atoms with Gasteiger partial charge in [0.05, 0.1) is 17.0 Å². The molecular weight excluding hydrogens is 374 g/mol.